The molecule has 0 unspecified atom stereocenters. The fourth-order valence-electron chi connectivity index (χ4n) is 1.15. The van der Waals surface area contributed by atoms with E-state index >= 15 is 0 Å². The first-order valence-electron chi connectivity index (χ1n) is 4.04. The van der Waals surface area contributed by atoms with Crippen LogP contribution in [-0.2, 0) is 0 Å². The molecule has 1 N–H and O–H groups in total. The van der Waals surface area contributed by atoms with Crippen LogP contribution in [-0.4, -0.2) is 6.54 Å². The van der Waals surface area contributed by atoms with Gasteiger partial charge >= 0.3 is 0 Å². The van der Waals surface area contributed by atoms with Crippen LogP contribution in [0, 0.1) is 0 Å². The Morgan fingerprint density at radius 2 is 1.92 bits per heavy atom. The van der Waals surface area contributed by atoms with Gasteiger partial charge in [-0.2, -0.15) is 0 Å². The predicted molar refractivity (Wildman–Crippen MR) is 54.7 cm³/mol. The van der Waals surface area contributed by atoms with Crippen LogP contribution in [0.5, 0.6) is 0 Å². The zero-order valence-corrected chi connectivity index (χ0v) is 8.26. The average Bonchev–Trinajstić information content (AvgIpc) is 2.00. The summed E-state index contributed by atoms with van der Waals surface area (Å²) in [5, 5.41) is 3.26. The van der Waals surface area contributed by atoms with Gasteiger partial charge in [-0.1, -0.05) is 28.1 Å². The Bertz CT molecular complexity index is 294. The molecule has 0 saturated carbocycles. The molecule has 2 rings (SSSR count). The summed E-state index contributed by atoms with van der Waals surface area (Å²) in [6, 6.07) is 8.34. The second-order valence-corrected chi connectivity index (χ2v) is 3.81. The normalized spacial score (nSPS) is 18.6. The first-order valence-corrected chi connectivity index (χ1v) is 4.84. The van der Waals surface area contributed by atoms with Crippen molar-refractivity contribution in [1.29, 1.82) is 0 Å². The standard InChI is InChI=1S/C10H10BrN/c11-9-3-1-8(2-4-9)7-10-5-6-12-10/h1-4,7,12H,5-6H2. The molecule has 1 nitrogen and oxygen atoms in total. The first kappa shape index (κ1) is 7.87. The number of rotatable bonds is 1. The number of hydrogen-bond acceptors (Lipinski definition) is 1. The van der Waals surface area contributed by atoms with E-state index in [0.29, 0.717) is 0 Å². The molecule has 1 saturated heterocycles. The van der Waals surface area contributed by atoms with Gasteiger partial charge in [-0.05, 0) is 23.8 Å². The Balaban J connectivity index is 2.18. The fraction of sp³-hybridized carbons (Fsp3) is 0.200. The van der Waals surface area contributed by atoms with Crippen LogP contribution in [0.25, 0.3) is 6.08 Å². The third-order valence-corrected chi connectivity index (χ3v) is 2.49. The molecule has 0 bridgehead atoms. The van der Waals surface area contributed by atoms with E-state index in [9.17, 15) is 0 Å². The van der Waals surface area contributed by atoms with Crippen molar-refractivity contribution in [1.82, 2.24) is 5.32 Å². The van der Waals surface area contributed by atoms with Crippen LogP contribution in [0.3, 0.4) is 0 Å². The monoisotopic (exact) mass is 223 g/mol. The van der Waals surface area contributed by atoms with Gasteiger partial charge in [-0.25, -0.2) is 0 Å². The molecule has 1 aromatic carbocycles. The van der Waals surface area contributed by atoms with E-state index in [1.54, 1.807) is 0 Å². The highest BCUT2D eigenvalue weighted by molar-refractivity contribution is 9.10. The van der Waals surface area contributed by atoms with Crippen LogP contribution >= 0.6 is 15.9 Å². The summed E-state index contributed by atoms with van der Waals surface area (Å²) < 4.78 is 1.13. The van der Waals surface area contributed by atoms with Gasteiger partial charge < -0.3 is 5.32 Å². The van der Waals surface area contributed by atoms with E-state index in [1.165, 1.54) is 17.7 Å². The Morgan fingerprint density at radius 1 is 1.25 bits per heavy atom. The molecule has 2 heteroatoms. The van der Waals surface area contributed by atoms with Crippen molar-refractivity contribution in [3.05, 3.63) is 40.0 Å². The third kappa shape index (κ3) is 1.69. The summed E-state index contributed by atoms with van der Waals surface area (Å²) in [4.78, 5) is 0. The molecule has 0 atom stereocenters. The molecule has 1 fully saturated rings. The number of nitrogens with one attached hydrogen (secondary N) is 1. The Labute approximate surface area is 80.6 Å². The average molecular weight is 224 g/mol. The minimum atomic E-state index is 1.13. The summed E-state index contributed by atoms with van der Waals surface area (Å²) in [5.74, 6) is 0. The summed E-state index contributed by atoms with van der Waals surface area (Å²) >= 11 is 3.41. The van der Waals surface area contributed by atoms with Gasteiger partial charge in [0.15, 0.2) is 0 Å². The maximum atomic E-state index is 3.41. The third-order valence-electron chi connectivity index (χ3n) is 1.96. The second-order valence-electron chi connectivity index (χ2n) is 2.90. The van der Waals surface area contributed by atoms with Gasteiger partial charge in [0.25, 0.3) is 0 Å². The number of halogens is 1. The van der Waals surface area contributed by atoms with Crippen LogP contribution in [0.15, 0.2) is 34.4 Å². The highest BCUT2D eigenvalue weighted by Gasteiger charge is 2.05. The summed E-state index contributed by atoms with van der Waals surface area (Å²) in [6.07, 6.45) is 3.38. The quantitative estimate of drug-likeness (QED) is 0.773. The van der Waals surface area contributed by atoms with Crippen LogP contribution in [0.4, 0.5) is 0 Å². The lowest BCUT2D eigenvalue weighted by molar-refractivity contribution is 0.641. The SMILES string of the molecule is Brc1ccc(C=C2CCN2)cc1. The van der Waals surface area contributed by atoms with Crippen molar-refractivity contribution < 1.29 is 0 Å². The second kappa shape index (κ2) is 3.31. The number of benzene rings is 1. The molecule has 12 heavy (non-hydrogen) atoms. The zero-order valence-electron chi connectivity index (χ0n) is 6.68. The van der Waals surface area contributed by atoms with Gasteiger partial charge in [0, 0.05) is 23.1 Å². The lowest BCUT2D eigenvalue weighted by Crippen LogP contribution is -2.27. The minimum Gasteiger partial charge on any atom is -0.388 e. The van der Waals surface area contributed by atoms with Gasteiger partial charge in [0.05, 0.1) is 0 Å². The lowest BCUT2D eigenvalue weighted by Gasteiger charge is -2.19. The molecule has 0 radical (unpaired) electrons. The van der Waals surface area contributed by atoms with E-state index in [-0.39, 0.29) is 0 Å². The molecular formula is C10H10BrN. The first-order chi connectivity index (χ1) is 5.84. The smallest absolute Gasteiger partial charge is 0.0198 e. The maximum Gasteiger partial charge on any atom is 0.0198 e. The molecule has 0 spiro atoms. The van der Waals surface area contributed by atoms with E-state index in [1.807, 2.05) is 0 Å². The van der Waals surface area contributed by atoms with Gasteiger partial charge in [0.1, 0.15) is 0 Å². The molecule has 0 aromatic heterocycles. The van der Waals surface area contributed by atoms with E-state index in [2.05, 4.69) is 51.6 Å². The molecule has 0 amide bonds. The molecule has 1 aromatic rings. The highest BCUT2D eigenvalue weighted by atomic mass is 79.9. The predicted octanol–water partition coefficient (Wildman–Crippen LogP) is 2.78. The topological polar surface area (TPSA) is 12.0 Å². The summed E-state index contributed by atoms with van der Waals surface area (Å²) in [7, 11) is 0. The molecule has 62 valence electrons. The van der Waals surface area contributed by atoms with Crippen molar-refractivity contribution in [2.75, 3.05) is 6.54 Å². The summed E-state index contributed by atoms with van der Waals surface area (Å²) in [5.41, 5.74) is 2.61. The highest BCUT2D eigenvalue weighted by Crippen LogP contribution is 2.15. The van der Waals surface area contributed by atoms with E-state index in [0.717, 1.165) is 11.0 Å². The van der Waals surface area contributed by atoms with Crippen LogP contribution in [0.2, 0.25) is 0 Å². The summed E-state index contributed by atoms with van der Waals surface area (Å²) in [6.45, 7) is 1.13. The molecular weight excluding hydrogens is 214 g/mol. The Morgan fingerprint density at radius 3 is 2.42 bits per heavy atom. The van der Waals surface area contributed by atoms with Gasteiger partial charge in [0.2, 0.25) is 0 Å². The van der Waals surface area contributed by atoms with E-state index < -0.39 is 0 Å². The Hall–Kier alpha value is -0.760. The number of hydrogen-bond donors (Lipinski definition) is 1. The molecule has 1 aliphatic rings. The van der Waals surface area contributed by atoms with Crippen molar-refractivity contribution in [3.8, 4) is 0 Å². The van der Waals surface area contributed by atoms with Crippen molar-refractivity contribution in [2.24, 2.45) is 0 Å². The zero-order chi connectivity index (χ0) is 8.39. The van der Waals surface area contributed by atoms with Crippen molar-refractivity contribution in [3.63, 3.8) is 0 Å². The lowest BCUT2D eigenvalue weighted by atomic mass is 10.1. The van der Waals surface area contributed by atoms with Gasteiger partial charge in [-0.15, -0.1) is 0 Å². The van der Waals surface area contributed by atoms with Gasteiger partial charge in [-0.3, -0.25) is 0 Å². The maximum absolute atomic E-state index is 3.41. The molecule has 0 aliphatic carbocycles. The Kier molecular flexibility index (Phi) is 2.17. The van der Waals surface area contributed by atoms with E-state index in [4.69, 9.17) is 0 Å². The largest absolute Gasteiger partial charge is 0.388 e. The molecule has 1 aliphatic heterocycles. The van der Waals surface area contributed by atoms with Crippen LogP contribution < -0.4 is 5.32 Å². The van der Waals surface area contributed by atoms with Crippen molar-refractivity contribution >= 4 is 22.0 Å². The van der Waals surface area contributed by atoms with Crippen molar-refractivity contribution in [2.45, 2.75) is 6.42 Å². The fourth-order valence-corrected chi connectivity index (χ4v) is 1.42. The minimum absolute atomic E-state index is 1.13. The molecule has 1 heterocycles. The van der Waals surface area contributed by atoms with Crippen LogP contribution in [0.1, 0.15) is 12.0 Å².